The highest BCUT2D eigenvalue weighted by molar-refractivity contribution is 5.81. The Morgan fingerprint density at radius 1 is 1.29 bits per heavy atom. The molecule has 0 aliphatic heterocycles. The van der Waals surface area contributed by atoms with E-state index >= 15 is 0 Å². The molecule has 1 saturated carbocycles. The molecule has 0 atom stereocenters. The molecule has 0 bridgehead atoms. The van der Waals surface area contributed by atoms with Crippen molar-refractivity contribution in [2.75, 3.05) is 6.61 Å². The minimum atomic E-state index is 0.109. The molecule has 1 fully saturated rings. The van der Waals surface area contributed by atoms with Gasteiger partial charge < -0.3 is 4.74 Å². The van der Waals surface area contributed by atoms with Gasteiger partial charge in [-0.1, -0.05) is 20.8 Å². The smallest absolute Gasteiger partial charge is 0.160 e. The summed E-state index contributed by atoms with van der Waals surface area (Å²) in [7, 11) is 0. The number of rotatable bonds is 4. The Bertz CT molecular complexity index is 179. The lowest BCUT2D eigenvalue weighted by Gasteiger charge is -2.26. The molecule has 0 aromatic rings. The maximum Gasteiger partial charge on any atom is 0.160 e. The number of ketones is 1. The summed E-state index contributed by atoms with van der Waals surface area (Å²) in [6.07, 6.45) is 5.11. The predicted molar refractivity (Wildman–Crippen MR) is 57.2 cm³/mol. The average Bonchev–Trinajstić information content (AvgIpc) is 2.16. The number of hydrogen-bond acceptors (Lipinski definition) is 2. The van der Waals surface area contributed by atoms with Crippen molar-refractivity contribution in [3.05, 3.63) is 0 Å². The topological polar surface area (TPSA) is 26.3 Å². The largest absolute Gasteiger partial charge is 0.370 e. The molecule has 1 aliphatic rings. The van der Waals surface area contributed by atoms with Crippen LogP contribution in [0.15, 0.2) is 0 Å². The van der Waals surface area contributed by atoms with Crippen molar-refractivity contribution >= 4 is 5.78 Å². The molecular formula is C12H22O2. The van der Waals surface area contributed by atoms with Crippen LogP contribution in [0.5, 0.6) is 0 Å². The van der Waals surface area contributed by atoms with E-state index in [-0.39, 0.29) is 11.7 Å². The van der Waals surface area contributed by atoms with Crippen molar-refractivity contribution in [3.63, 3.8) is 0 Å². The fourth-order valence-electron chi connectivity index (χ4n) is 1.76. The Hall–Kier alpha value is -0.370. The SMILES string of the molecule is CC1CCC(OCC(=O)C(C)C)CC1. The van der Waals surface area contributed by atoms with Gasteiger partial charge in [0.1, 0.15) is 6.61 Å². The number of ether oxygens (including phenoxy) is 1. The van der Waals surface area contributed by atoms with E-state index in [4.69, 9.17) is 4.74 Å². The molecule has 0 radical (unpaired) electrons. The van der Waals surface area contributed by atoms with Crippen molar-refractivity contribution < 1.29 is 9.53 Å². The number of hydrogen-bond donors (Lipinski definition) is 0. The van der Waals surface area contributed by atoms with Crippen LogP contribution in [0.1, 0.15) is 46.5 Å². The van der Waals surface area contributed by atoms with Crippen LogP contribution >= 0.6 is 0 Å². The summed E-state index contributed by atoms with van der Waals surface area (Å²) in [5.74, 6) is 1.18. The van der Waals surface area contributed by atoms with Gasteiger partial charge in [-0.3, -0.25) is 4.79 Å². The molecule has 14 heavy (non-hydrogen) atoms. The first-order valence-electron chi connectivity index (χ1n) is 5.74. The average molecular weight is 198 g/mol. The monoisotopic (exact) mass is 198 g/mol. The molecular weight excluding hydrogens is 176 g/mol. The van der Waals surface area contributed by atoms with Gasteiger partial charge in [-0.2, -0.15) is 0 Å². The normalized spacial score (nSPS) is 28.0. The molecule has 0 heterocycles. The van der Waals surface area contributed by atoms with Gasteiger partial charge in [0, 0.05) is 5.92 Å². The lowest BCUT2D eigenvalue weighted by atomic mass is 9.89. The van der Waals surface area contributed by atoms with Crippen LogP contribution < -0.4 is 0 Å². The quantitative estimate of drug-likeness (QED) is 0.694. The lowest BCUT2D eigenvalue weighted by Crippen LogP contribution is -2.25. The zero-order chi connectivity index (χ0) is 10.6. The minimum absolute atomic E-state index is 0.109. The third kappa shape index (κ3) is 3.79. The maximum absolute atomic E-state index is 11.3. The van der Waals surface area contributed by atoms with E-state index < -0.39 is 0 Å². The summed E-state index contributed by atoms with van der Waals surface area (Å²) < 4.78 is 5.60. The first kappa shape index (κ1) is 11.7. The van der Waals surface area contributed by atoms with E-state index in [1.54, 1.807) is 0 Å². The third-order valence-corrected chi connectivity index (χ3v) is 3.07. The molecule has 2 nitrogen and oxygen atoms in total. The fraction of sp³-hybridized carbons (Fsp3) is 0.917. The van der Waals surface area contributed by atoms with E-state index in [1.807, 2.05) is 13.8 Å². The van der Waals surface area contributed by atoms with E-state index in [1.165, 1.54) is 12.8 Å². The zero-order valence-corrected chi connectivity index (χ0v) is 9.58. The molecule has 0 N–H and O–H groups in total. The third-order valence-electron chi connectivity index (χ3n) is 3.07. The summed E-state index contributed by atoms with van der Waals surface area (Å²) >= 11 is 0. The van der Waals surface area contributed by atoms with Crippen molar-refractivity contribution in [1.29, 1.82) is 0 Å². The molecule has 1 aliphatic carbocycles. The number of carbonyl (C=O) groups is 1. The second-order valence-electron chi connectivity index (χ2n) is 4.81. The van der Waals surface area contributed by atoms with Crippen LogP contribution in [0.4, 0.5) is 0 Å². The van der Waals surface area contributed by atoms with E-state index in [9.17, 15) is 4.79 Å². The van der Waals surface area contributed by atoms with Crippen LogP contribution in [0.2, 0.25) is 0 Å². The van der Waals surface area contributed by atoms with Crippen molar-refractivity contribution in [3.8, 4) is 0 Å². The highest BCUT2D eigenvalue weighted by atomic mass is 16.5. The summed E-state index contributed by atoms with van der Waals surface area (Å²) in [5, 5.41) is 0. The van der Waals surface area contributed by atoms with Crippen LogP contribution in [-0.4, -0.2) is 18.5 Å². The first-order valence-corrected chi connectivity index (χ1v) is 5.74. The predicted octanol–water partition coefficient (Wildman–Crippen LogP) is 2.81. The van der Waals surface area contributed by atoms with Crippen molar-refractivity contribution in [2.24, 2.45) is 11.8 Å². The second kappa shape index (κ2) is 5.50. The molecule has 0 unspecified atom stereocenters. The number of Topliss-reactive ketones (excluding diaryl/α,β-unsaturated/α-hetero) is 1. The fourth-order valence-corrected chi connectivity index (χ4v) is 1.76. The Balaban J connectivity index is 2.16. The van der Waals surface area contributed by atoms with Crippen LogP contribution in [-0.2, 0) is 9.53 Å². The first-order chi connectivity index (χ1) is 6.59. The molecule has 2 heteroatoms. The van der Waals surface area contributed by atoms with Crippen LogP contribution in [0.25, 0.3) is 0 Å². The Labute approximate surface area is 87.0 Å². The lowest BCUT2D eigenvalue weighted by molar-refractivity contribution is -0.129. The van der Waals surface area contributed by atoms with E-state index in [0.29, 0.717) is 12.7 Å². The highest BCUT2D eigenvalue weighted by Gasteiger charge is 2.19. The standard InChI is InChI=1S/C12H22O2/c1-9(2)12(13)8-14-11-6-4-10(3)5-7-11/h9-11H,4-8H2,1-3H3. The van der Waals surface area contributed by atoms with Gasteiger partial charge in [-0.15, -0.1) is 0 Å². The van der Waals surface area contributed by atoms with Gasteiger partial charge in [0.15, 0.2) is 5.78 Å². The Morgan fingerprint density at radius 3 is 2.36 bits per heavy atom. The van der Waals surface area contributed by atoms with Gasteiger partial charge >= 0.3 is 0 Å². The van der Waals surface area contributed by atoms with E-state index in [2.05, 4.69) is 6.92 Å². The molecule has 1 rings (SSSR count). The molecule has 0 saturated heterocycles. The highest BCUT2D eigenvalue weighted by Crippen LogP contribution is 2.25. The summed E-state index contributed by atoms with van der Waals surface area (Å²) in [5.41, 5.74) is 0. The molecule has 0 aromatic heterocycles. The van der Waals surface area contributed by atoms with Gasteiger partial charge in [0.25, 0.3) is 0 Å². The van der Waals surface area contributed by atoms with Crippen LogP contribution in [0, 0.1) is 11.8 Å². The van der Waals surface area contributed by atoms with Crippen molar-refractivity contribution in [1.82, 2.24) is 0 Å². The van der Waals surface area contributed by atoms with Crippen LogP contribution in [0.3, 0.4) is 0 Å². The summed E-state index contributed by atoms with van der Waals surface area (Å²) in [4.78, 5) is 11.3. The Kier molecular flexibility index (Phi) is 4.59. The molecule has 0 aromatic carbocycles. The minimum Gasteiger partial charge on any atom is -0.370 e. The molecule has 0 amide bonds. The number of carbonyl (C=O) groups excluding carboxylic acids is 1. The zero-order valence-electron chi connectivity index (χ0n) is 9.58. The van der Waals surface area contributed by atoms with Gasteiger partial charge in [-0.25, -0.2) is 0 Å². The van der Waals surface area contributed by atoms with Gasteiger partial charge in [0.2, 0.25) is 0 Å². The summed E-state index contributed by atoms with van der Waals surface area (Å²) in [6.45, 7) is 6.45. The second-order valence-corrected chi connectivity index (χ2v) is 4.81. The molecule has 0 spiro atoms. The van der Waals surface area contributed by atoms with Gasteiger partial charge in [-0.05, 0) is 31.6 Å². The van der Waals surface area contributed by atoms with E-state index in [0.717, 1.165) is 18.8 Å². The maximum atomic E-state index is 11.3. The Morgan fingerprint density at radius 2 is 1.86 bits per heavy atom. The van der Waals surface area contributed by atoms with Gasteiger partial charge in [0.05, 0.1) is 6.10 Å². The molecule has 82 valence electrons. The van der Waals surface area contributed by atoms with Crippen molar-refractivity contribution in [2.45, 2.75) is 52.6 Å². The summed E-state index contributed by atoms with van der Waals surface area (Å²) in [6, 6.07) is 0.